The van der Waals surface area contributed by atoms with Crippen LogP contribution < -0.4 is 15.4 Å². The number of ether oxygens (including phenoxy) is 1. The van der Waals surface area contributed by atoms with E-state index in [9.17, 15) is 0 Å². The normalized spacial score (nSPS) is 18.1. The Balaban J connectivity index is 0.00000338. The third-order valence-electron chi connectivity index (χ3n) is 4.80. The fraction of sp³-hybridized carbons (Fsp3) is 0.650. The summed E-state index contributed by atoms with van der Waals surface area (Å²) in [6, 6.07) is 8.87. The Bertz CT molecular complexity index is 538. The number of rotatable bonds is 8. The molecule has 1 heterocycles. The molecule has 5 nitrogen and oxygen atoms in total. The number of nitrogens with zero attached hydrogens (tertiary/aromatic N) is 2. The number of aliphatic imine (C=N–C) groups is 1. The smallest absolute Gasteiger partial charge is 0.191 e. The summed E-state index contributed by atoms with van der Waals surface area (Å²) in [5.41, 5.74) is 1.15. The van der Waals surface area contributed by atoms with Gasteiger partial charge in [0.2, 0.25) is 0 Å². The van der Waals surface area contributed by atoms with Gasteiger partial charge in [0.15, 0.2) is 5.96 Å². The van der Waals surface area contributed by atoms with Crippen LogP contribution in [0.4, 0.5) is 0 Å². The Morgan fingerprint density at radius 3 is 2.81 bits per heavy atom. The van der Waals surface area contributed by atoms with Crippen molar-refractivity contribution in [2.24, 2.45) is 4.99 Å². The van der Waals surface area contributed by atoms with Gasteiger partial charge in [-0.3, -0.25) is 4.99 Å². The molecule has 1 aliphatic rings. The van der Waals surface area contributed by atoms with E-state index in [1.807, 2.05) is 32.2 Å². The van der Waals surface area contributed by atoms with Crippen LogP contribution in [0.1, 0.15) is 45.1 Å². The van der Waals surface area contributed by atoms with Crippen LogP contribution in [-0.2, 0) is 6.54 Å². The number of likely N-dealkylation sites (tertiary alicyclic amines) is 1. The van der Waals surface area contributed by atoms with Gasteiger partial charge in [-0.1, -0.05) is 24.6 Å². The molecule has 0 spiro atoms. The van der Waals surface area contributed by atoms with Crippen molar-refractivity contribution < 1.29 is 4.74 Å². The van der Waals surface area contributed by atoms with Crippen molar-refractivity contribution in [3.8, 4) is 5.75 Å². The third kappa shape index (κ3) is 7.70. The van der Waals surface area contributed by atoms with E-state index in [-0.39, 0.29) is 24.0 Å². The largest absolute Gasteiger partial charge is 0.494 e. The molecule has 0 aliphatic carbocycles. The minimum atomic E-state index is 0. The molecule has 0 aromatic heterocycles. The van der Waals surface area contributed by atoms with Gasteiger partial charge < -0.3 is 20.3 Å². The van der Waals surface area contributed by atoms with Crippen molar-refractivity contribution in [1.29, 1.82) is 0 Å². The van der Waals surface area contributed by atoms with E-state index in [0.29, 0.717) is 13.2 Å². The maximum absolute atomic E-state index is 5.67. The fourth-order valence-corrected chi connectivity index (χ4v) is 3.32. The van der Waals surface area contributed by atoms with E-state index in [1.54, 1.807) is 0 Å². The minimum absolute atomic E-state index is 0. The molecule has 0 amide bonds. The zero-order valence-electron chi connectivity index (χ0n) is 16.5. The Labute approximate surface area is 176 Å². The van der Waals surface area contributed by atoms with Gasteiger partial charge in [0.25, 0.3) is 0 Å². The zero-order valence-corrected chi connectivity index (χ0v) is 18.8. The maximum Gasteiger partial charge on any atom is 0.191 e. The SMILES string of the molecule is CCOc1ccccc1CNC(=NC)NCCCN1CCCCC1C.I. The minimum Gasteiger partial charge on any atom is -0.494 e. The lowest BCUT2D eigenvalue weighted by molar-refractivity contribution is 0.159. The van der Waals surface area contributed by atoms with Gasteiger partial charge in [-0.05, 0) is 45.7 Å². The molecule has 0 saturated carbocycles. The van der Waals surface area contributed by atoms with Crippen molar-refractivity contribution in [2.45, 2.75) is 52.1 Å². The molecule has 1 aromatic carbocycles. The molecule has 1 aromatic rings. The number of nitrogens with one attached hydrogen (secondary N) is 2. The molecule has 1 saturated heterocycles. The topological polar surface area (TPSA) is 48.9 Å². The van der Waals surface area contributed by atoms with Crippen LogP contribution in [0, 0.1) is 0 Å². The first-order chi connectivity index (χ1) is 12.2. The first-order valence-corrected chi connectivity index (χ1v) is 9.63. The van der Waals surface area contributed by atoms with Crippen molar-refractivity contribution in [3.05, 3.63) is 29.8 Å². The summed E-state index contributed by atoms with van der Waals surface area (Å²) in [5.74, 6) is 1.78. The Morgan fingerprint density at radius 1 is 1.27 bits per heavy atom. The zero-order chi connectivity index (χ0) is 17.9. The van der Waals surface area contributed by atoms with Crippen LogP contribution in [0.3, 0.4) is 0 Å². The van der Waals surface area contributed by atoms with Crippen LogP contribution in [0.5, 0.6) is 5.75 Å². The van der Waals surface area contributed by atoms with Gasteiger partial charge >= 0.3 is 0 Å². The molecule has 0 bridgehead atoms. The number of piperidine rings is 1. The second-order valence-corrected chi connectivity index (χ2v) is 6.63. The molecule has 148 valence electrons. The lowest BCUT2D eigenvalue weighted by atomic mass is 10.0. The fourth-order valence-electron chi connectivity index (χ4n) is 3.32. The number of hydrogen-bond acceptors (Lipinski definition) is 3. The van der Waals surface area contributed by atoms with Crippen molar-refractivity contribution in [1.82, 2.24) is 15.5 Å². The summed E-state index contributed by atoms with van der Waals surface area (Å²) in [5, 5.41) is 6.79. The van der Waals surface area contributed by atoms with Gasteiger partial charge in [-0.15, -0.1) is 24.0 Å². The molecule has 1 fully saturated rings. The summed E-state index contributed by atoms with van der Waals surface area (Å²) in [7, 11) is 1.82. The second kappa shape index (κ2) is 13.2. The summed E-state index contributed by atoms with van der Waals surface area (Å²) in [6.45, 7) is 9.10. The average Bonchev–Trinajstić information content (AvgIpc) is 2.64. The van der Waals surface area contributed by atoms with Crippen molar-refractivity contribution >= 4 is 29.9 Å². The highest BCUT2D eigenvalue weighted by Crippen LogP contribution is 2.17. The summed E-state index contributed by atoms with van der Waals surface area (Å²) >= 11 is 0. The number of hydrogen-bond donors (Lipinski definition) is 2. The standard InChI is InChI=1S/C20H34N4O.HI/c1-4-25-19-12-6-5-11-18(19)16-23-20(21-3)22-13-9-15-24-14-8-7-10-17(24)2;/h5-6,11-12,17H,4,7-10,13-16H2,1-3H3,(H2,21,22,23);1H. The lowest BCUT2D eigenvalue weighted by Crippen LogP contribution is -2.41. The van der Waals surface area contributed by atoms with Crippen LogP contribution in [0.25, 0.3) is 0 Å². The average molecular weight is 474 g/mol. The maximum atomic E-state index is 5.67. The third-order valence-corrected chi connectivity index (χ3v) is 4.80. The lowest BCUT2D eigenvalue weighted by Gasteiger charge is -2.33. The molecular formula is C20H35IN4O. The highest BCUT2D eigenvalue weighted by Gasteiger charge is 2.17. The molecule has 2 rings (SSSR count). The van der Waals surface area contributed by atoms with Gasteiger partial charge in [0.05, 0.1) is 6.61 Å². The van der Waals surface area contributed by atoms with Gasteiger partial charge in [-0.25, -0.2) is 0 Å². The van der Waals surface area contributed by atoms with Crippen molar-refractivity contribution in [2.75, 3.05) is 33.3 Å². The summed E-state index contributed by atoms with van der Waals surface area (Å²) < 4.78 is 5.67. The van der Waals surface area contributed by atoms with Gasteiger partial charge in [-0.2, -0.15) is 0 Å². The Morgan fingerprint density at radius 2 is 2.08 bits per heavy atom. The van der Waals surface area contributed by atoms with Crippen LogP contribution >= 0.6 is 24.0 Å². The molecule has 6 heteroatoms. The van der Waals surface area contributed by atoms with E-state index in [0.717, 1.165) is 36.3 Å². The predicted molar refractivity (Wildman–Crippen MR) is 121 cm³/mol. The Kier molecular flexibility index (Phi) is 11.7. The molecule has 1 unspecified atom stereocenters. The van der Waals surface area contributed by atoms with Crippen molar-refractivity contribution in [3.63, 3.8) is 0 Å². The van der Waals surface area contributed by atoms with E-state index in [4.69, 9.17) is 4.74 Å². The molecule has 0 radical (unpaired) electrons. The van der Waals surface area contributed by atoms with E-state index in [2.05, 4.69) is 33.5 Å². The molecule has 1 atom stereocenters. The highest BCUT2D eigenvalue weighted by molar-refractivity contribution is 14.0. The summed E-state index contributed by atoms with van der Waals surface area (Å²) in [4.78, 5) is 6.93. The first-order valence-electron chi connectivity index (χ1n) is 9.63. The van der Waals surface area contributed by atoms with Crippen LogP contribution in [0.15, 0.2) is 29.3 Å². The molecule has 1 aliphatic heterocycles. The van der Waals surface area contributed by atoms with E-state index >= 15 is 0 Å². The molecule has 26 heavy (non-hydrogen) atoms. The Hall–Kier alpha value is -1.02. The van der Waals surface area contributed by atoms with Crippen LogP contribution in [0.2, 0.25) is 0 Å². The van der Waals surface area contributed by atoms with Crippen LogP contribution in [-0.4, -0.2) is 50.2 Å². The number of guanidine groups is 1. The van der Waals surface area contributed by atoms with Gasteiger partial charge in [0.1, 0.15) is 5.75 Å². The van der Waals surface area contributed by atoms with E-state index in [1.165, 1.54) is 32.4 Å². The molecule has 2 N–H and O–H groups in total. The van der Waals surface area contributed by atoms with Gasteiger partial charge in [0, 0.05) is 38.3 Å². The quantitative estimate of drug-likeness (QED) is 0.262. The molecular weight excluding hydrogens is 439 g/mol. The predicted octanol–water partition coefficient (Wildman–Crippen LogP) is 3.63. The summed E-state index contributed by atoms with van der Waals surface area (Å²) in [6.07, 6.45) is 5.21. The highest BCUT2D eigenvalue weighted by atomic mass is 127. The number of halogens is 1. The number of para-hydroxylation sites is 1. The first kappa shape index (κ1) is 23.0. The number of benzene rings is 1. The monoisotopic (exact) mass is 474 g/mol. The second-order valence-electron chi connectivity index (χ2n) is 6.63. The van der Waals surface area contributed by atoms with E-state index < -0.39 is 0 Å².